The van der Waals surface area contributed by atoms with Crippen molar-refractivity contribution in [3.8, 4) is 0 Å². The second-order valence-electron chi connectivity index (χ2n) is 3.55. The Morgan fingerprint density at radius 1 is 1.55 bits per heavy atom. The lowest BCUT2D eigenvalue weighted by Gasteiger charge is -2.18. The Morgan fingerprint density at radius 3 is 2.55 bits per heavy atom. The zero-order valence-corrected chi connectivity index (χ0v) is 7.45. The van der Waals surface area contributed by atoms with Crippen LogP contribution >= 0.6 is 0 Å². The van der Waals surface area contributed by atoms with E-state index in [1.165, 1.54) is 0 Å². The quantitative estimate of drug-likeness (QED) is 0.619. The zero-order chi connectivity index (χ0) is 8.43. The number of aliphatic hydroxyl groups is 1. The number of nitrogens with zero attached hydrogens (tertiary/aromatic N) is 1. The fourth-order valence-electron chi connectivity index (χ4n) is 1.46. The lowest BCUT2D eigenvalue weighted by Crippen LogP contribution is -2.32. The van der Waals surface area contributed by atoms with Gasteiger partial charge in [-0.25, -0.2) is 0 Å². The molecule has 3 heteroatoms. The first kappa shape index (κ1) is 8.97. The summed E-state index contributed by atoms with van der Waals surface area (Å²) in [7, 11) is 3.97. The Labute approximate surface area is 68.0 Å². The van der Waals surface area contributed by atoms with E-state index in [1.54, 1.807) is 0 Å². The van der Waals surface area contributed by atoms with Crippen molar-refractivity contribution in [2.45, 2.75) is 31.7 Å². The van der Waals surface area contributed by atoms with Crippen LogP contribution in [0.3, 0.4) is 0 Å². The van der Waals surface area contributed by atoms with Crippen LogP contribution in [0.5, 0.6) is 0 Å². The summed E-state index contributed by atoms with van der Waals surface area (Å²) in [5, 5.41) is 9.46. The third kappa shape index (κ3) is 2.43. The molecule has 0 saturated carbocycles. The minimum Gasteiger partial charge on any atom is -0.390 e. The van der Waals surface area contributed by atoms with E-state index >= 15 is 0 Å². The maximum Gasteiger partial charge on any atom is 0.0964 e. The Balaban J connectivity index is 2.34. The molecule has 1 N–H and O–H groups in total. The van der Waals surface area contributed by atoms with Crippen molar-refractivity contribution < 1.29 is 9.84 Å². The highest BCUT2D eigenvalue weighted by Gasteiger charge is 2.31. The van der Waals surface area contributed by atoms with Crippen LogP contribution in [0.1, 0.15) is 13.3 Å². The van der Waals surface area contributed by atoms with Gasteiger partial charge in [0, 0.05) is 13.0 Å². The molecule has 3 unspecified atom stereocenters. The van der Waals surface area contributed by atoms with Crippen LogP contribution in [0.15, 0.2) is 0 Å². The lowest BCUT2D eigenvalue weighted by molar-refractivity contribution is 0.00231. The number of likely N-dealkylation sites (N-methyl/N-ethyl adjacent to an activating group) is 1. The predicted molar refractivity (Wildman–Crippen MR) is 43.5 cm³/mol. The standard InChI is InChI=1S/C8H17NO2/c1-6-4-7(10)8(11-6)5-9(2)3/h6-8,10H,4-5H2,1-3H3. The Hall–Kier alpha value is -0.120. The molecule has 1 fully saturated rings. The molecule has 0 bridgehead atoms. The molecule has 0 radical (unpaired) electrons. The molecular weight excluding hydrogens is 142 g/mol. The predicted octanol–water partition coefficient (Wildman–Crippen LogP) is 0.0863. The first-order valence-electron chi connectivity index (χ1n) is 4.08. The summed E-state index contributed by atoms with van der Waals surface area (Å²) in [5.41, 5.74) is 0. The topological polar surface area (TPSA) is 32.7 Å². The summed E-state index contributed by atoms with van der Waals surface area (Å²) >= 11 is 0. The highest BCUT2D eigenvalue weighted by molar-refractivity contribution is 4.81. The molecule has 3 atom stereocenters. The van der Waals surface area contributed by atoms with Crippen LogP contribution in [0.4, 0.5) is 0 Å². The Kier molecular flexibility index (Phi) is 2.87. The van der Waals surface area contributed by atoms with Crippen LogP contribution in [0.2, 0.25) is 0 Å². The maximum atomic E-state index is 9.46. The first-order chi connectivity index (χ1) is 5.09. The third-order valence-corrected chi connectivity index (χ3v) is 1.95. The van der Waals surface area contributed by atoms with E-state index in [4.69, 9.17) is 4.74 Å². The zero-order valence-electron chi connectivity index (χ0n) is 7.45. The number of aliphatic hydroxyl groups excluding tert-OH is 1. The normalized spacial score (nSPS) is 38.5. The molecule has 0 aliphatic carbocycles. The van der Waals surface area contributed by atoms with Crippen molar-refractivity contribution in [1.82, 2.24) is 4.90 Å². The molecule has 1 saturated heterocycles. The van der Waals surface area contributed by atoms with Gasteiger partial charge in [-0.15, -0.1) is 0 Å². The molecule has 66 valence electrons. The second kappa shape index (κ2) is 3.52. The summed E-state index contributed by atoms with van der Waals surface area (Å²) in [6, 6.07) is 0. The molecule has 0 aromatic heterocycles. The molecule has 1 aliphatic rings. The minimum atomic E-state index is -0.271. The fraction of sp³-hybridized carbons (Fsp3) is 1.00. The van der Waals surface area contributed by atoms with E-state index in [0.717, 1.165) is 13.0 Å². The van der Waals surface area contributed by atoms with Gasteiger partial charge in [0.1, 0.15) is 0 Å². The van der Waals surface area contributed by atoms with Crippen LogP contribution < -0.4 is 0 Å². The van der Waals surface area contributed by atoms with Gasteiger partial charge in [0.05, 0.1) is 18.3 Å². The molecule has 0 spiro atoms. The van der Waals surface area contributed by atoms with E-state index in [0.29, 0.717) is 0 Å². The van der Waals surface area contributed by atoms with Gasteiger partial charge in [0.15, 0.2) is 0 Å². The molecule has 1 aliphatic heterocycles. The molecule has 11 heavy (non-hydrogen) atoms. The average Bonchev–Trinajstić information content (AvgIpc) is 2.09. The average molecular weight is 159 g/mol. The van der Waals surface area contributed by atoms with Gasteiger partial charge < -0.3 is 14.7 Å². The van der Waals surface area contributed by atoms with Crippen molar-refractivity contribution in [1.29, 1.82) is 0 Å². The monoisotopic (exact) mass is 159 g/mol. The molecule has 0 aromatic rings. The Morgan fingerprint density at radius 2 is 2.18 bits per heavy atom. The van der Waals surface area contributed by atoms with Gasteiger partial charge in [-0.1, -0.05) is 0 Å². The van der Waals surface area contributed by atoms with Gasteiger partial charge in [-0.05, 0) is 21.0 Å². The van der Waals surface area contributed by atoms with Gasteiger partial charge in [0.25, 0.3) is 0 Å². The number of hydrogen-bond donors (Lipinski definition) is 1. The van der Waals surface area contributed by atoms with Gasteiger partial charge >= 0.3 is 0 Å². The van der Waals surface area contributed by atoms with Gasteiger partial charge in [-0.3, -0.25) is 0 Å². The summed E-state index contributed by atoms with van der Waals surface area (Å²) in [4.78, 5) is 2.03. The van der Waals surface area contributed by atoms with Crippen LogP contribution in [-0.2, 0) is 4.74 Å². The molecule has 0 amide bonds. The van der Waals surface area contributed by atoms with Crippen molar-refractivity contribution in [3.63, 3.8) is 0 Å². The van der Waals surface area contributed by atoms with Crippen molar-refractivity contribution in [3.05, 3.63) is 0 Å². The van der Waals surface area contributed by atoms with Crippen molar-refractivity contribution in [2.24, 2.45) is 0 Å². The third-order valence-electron chi connectivity index (χ3n) is 1.95. The minimum absolute atomic E-state index is 0.0139. The van der Waals surface area contributed by atoms with Gasteiger partial charge in [-0.2, -0.15) is 0 Å². The van der Waals surface area contributed by atoms with E-state index in [1.807, 2.05) is 25.9 Å². The summed E-state index contributed by atoms with van der Waals surface area (Å²) in [6.45, 7) is 2.81. The fourth-order valence-corrected chi connectivity index (χ4v) is 1.46. The summed E-state index contributed by atoms with van der Waals surface area (Å²) in [5.74, 6) is 0. The second-order valence-corrected chi connectivity index (χ2v) is 3.55. The Bertz CT molecular complexity index is 127. The number of ether oxygens (including phenoxy) is 1. The highest BCUT2D eigenvalue weighted by atomic mass is 16.5. The molecule has 1 heterocycles. The maximum absolute atomic E-state index is 9.46. The van der Waals surface area contributed by atoms with E-state index in [2.05, 4.69) is 0 Å². The smallest absolute Gasteiger partial charge is 0.0964 e. The lowest BCUT2D eigenvalue weighted by atomic mass is 10.1. The van der Waals surface area contributed by atoms with Crippen LogP contribution in [-0.4, -0.2) is 49.0 Å². The molecule has 1 rings (SSSR count). The van der Waals surface area contributed by atoms with E-state index in [9.17, 15) is 5.11 Å². The van der Waals surface area contributed by atoms with Crippen molar-refractivity contribution >= 4 is 0 Å². The van der Waals surface area contributed by atoms with E-state index < -0.39 is 0 Å². The van der Waals surface area contributed by atoms with Crippen molar-refractivity contribution in [2.75, 3.05) is 20.6 Å². The van der Waals surface area contributed by atoms with Gasteiger partial charge in [0.2, 0.25) is 0 Å². The number of rotatable bonds is 2. The number of hydrogen-bond acceptors (Lipinski definition) is 3. The summed E-state index contributed by atoms with van der Waals surface area (Å²) < 4.78 is 5.49. The summed E-state index contributed by atoms with van der Waals surface area (Å²) in [6.07, 6.45) is 0.737. The molecule has 3 nitrogen and oxygen atoms in total. The first-order valence-corrected chi connectivity index (χ1v) is 4.08. The molecular formula is C8H17NO2. The largest absolute Gasteiger partial charge is 0.390 e. The van der Waals surface area contributed by atoms with Crippen LogP contribution in [0, 0.1) is 0 Å². The highest BCUT2D eigenvalue weighted by Crippen LogP contribution is 2.19. The van der Waals surface area contributed by atoms with Crippen LogP contribution in [0.25, 0.3) is 0 Å². The SMILES string of the molecule is CC1CC(O)C(CN(C)C)O1. The van der Waals surface area contributed by atoms with E-state index in [-0.39, 0.29) is 18.3 Å². The molecule has 0 aromatic carbocycles.